The van der Waals surface area contributed by atoms with Crippen molar-refractivity contribution >= 4 is 0 Å². The fourth-order valence-corrected chi connectivity index (χ4v) is 2.84. The molecule has 0 amide bonds. The molecular formula is C19H26N2. The molecule has 0 aliphatic carbocycles. The molecule has 2 nitrogen and oxygen atoms in total. The zero-order valence-corrected chi connectivity index (χ0v) is 12.9. The molecule has 0 heterocycles. The summed E-state index contributed by atoms with van der Waals surface area (Å²) < 4.78 is 0. The van der Waals surface area contributed by atoms with Crippen molar-refractivity contribution in [2.24, 2.45) is 5.73 Å². The molecule has 0 aliphatic rings. The number of benzene rings is 2. The van der Waals surface area contributed by atoms with Crippen LogP contribution in [0.15, 0.2) is 60.7 Å². The summed E-state index contributed by atoms with van der Waals surface area (Å²) in [6, 6.07) is 21.9. The minimum atomic E-state index is 0.456. The Hall–Kier alpha value is -1.64. The maximum atomic E-state index is 5.72. The molecule has 0 fully saturated rings. The van der Waals surface area contributed by atoms with Crippen LogP contribution < -0.4 is 5.73 Å². The van der Waals surface area contributed by atoms with Gasteiger partial charge in [-0.05, 0) is 30.5 Å². The van der Waals surface area contributed by atoms with Gasteiger partial charge >= 0.3 is 0 Å². The normalized spacial score (nSPS) is 12.5. The van der Waals surface area contributed by atoms with Gasteiger partial charge in [0.25, 0.3) is 0 Å². The van der Waals surface area contributed by atoms with Crippen LogP contribution in [-0.4, -0.2) is 18.0 Å². The summed E-state index contributed by atoms with van der Waals surface area (Å²) in [5, 5.41) is 0. The molecule has 0 radical (unpaired) electrons. The maximum absolute atomic E-state index is 5.72. The van der Waals surface area contributed by atoms with Crippen molar-refractivity contribution in [1.29, 1.82) is 0 Å². The monoisotopic (exact) mass is 282 g/mol. The molecule has 2 aromatic carbocycles. The van der Waals surface area contributed by atoms with Gasteiger partial charge in [-0.3, -0.25) is 4.90 Å². The largest absolute Gasteiger partial charge is 0.330 e. The van der Waals surface area contributed by atoms with Crippen LogP contribution in [0.4, 0.5) is 0 Å². The lowest BCUT2D eigenvalue weighted by Crippen LogP contribution is -2.30. The van der Waals surface area contributed by atoms with E-state index in [-0.39, 0.29) is 0 Å². The molecule has 112 valence electrons. The molecule has 1 atom stereocenters. The van der Waals surface area contributed by atoms with Gasteiger partial charge in [0.1, 0.15) is 0 Å². The molecular weight excluding hydrogens is 256 g/mol. The van der Waals surface area contributed by atoms with Crippen LogP contribution in [0, 0.1) is 0 Å². The van der Waals surface area contributed by atoms with Crippen LogP contribution in [0.3, 0.4) is 0 Å². The van der Waals surface area contributed by atoms with Crippen molar-refractivity contribution in [2.75, 3.05) is 13.1 Å². The van der Waals surface area contributed by atoms with Gasteiger partial charge in [-0.25, -0.2) is 0 Å². The van der Waals surface area contributed by atoms with E-state index in [0.29, 0.717) is 6.04 Å². The van der Waals surface area contributed by atoms with E-state index >= 15 is 0 Å². The summed E-state index contributed by atoms with van der Waals surface area (Å²) in [6.45, 7) is 5.03. The van der Waals surface area contributed by atoms with E-state index in [4.69, 9.17) is 5.73 Å². The number of nitrogens with two attached hydrogens (primary N) is 1. The number of nitrogens with zero attached hydrogens (tertiary/aromatic N) is 1. The minimum Gasteiger partial charge on any atom is -0.330 e. The lowest BCUT2D eigenvalue weighted by molar-refractivity contribution is 0.182. The molecule has 2 N–H and O–H groups in total. The van der Waals surface area contributed by atoms with E-state index in [2.05, 4.69) is 72.5 Å². The molecule has 0 saturated carbocycles. The lowest BCUT2D eigenvalue weighted by Gasteiger charge is -2.31. The van der Waals surface area contributed by atoms with Crippen LogP contribution in [0.5, 0.6) is 0 Å². The van der Waals surface area contributed by atoms with Gasteiger partial charge in [0, 0.05) is 19.1 Å². The summed E-state index contributed by atoms with van der Waals surface area (Å²) in [6.07, 6.45) is 2.15. The Morgan fingerprint density at radius 1 is 0.952 bits per heavy atom. The first kappa shape index (κ1) is 15.7. The molecule has 0 spiro atoms. The Morgan fingerprint density at radius 3 is 2.14 bits per heavy atom. The smallest absolute Gasteiger partial charge is 0.0349 e. The predicted octanol–water partition coefficient (Wildman–Crippen LogP) is 3.99. The van der Waals surface area contributed by atoms with Crippen molar-refractivity contribution in [2.45, 2.75) is 32.4 Å². The first-order valence-corrected chi connectivity index (χ1v) is 7.88. The zero-order chi connectivity index (χ0) is 14.9. The SMILES string of the molecule is CCC(c1ccccc1)N(CCCN)Cc1ccccc1. The second-order valence-corrected chi connectivity index (χ2v) is 5.43. The van der Waals surface area contributed by atoms with Crippen molar-refractivity contribution in [3.05, 3.63) is 71.8 Å². The molecule has 0 bridgehead atoms. The fourth-order valence-electron chi connectivity index (χ4n) is 2.84. The molecule has 1 unspecified atom stereocenters. The van der Waals surface area contributed by atoms with Crippen molar-refractivity contribution < 1.29 is 0 Å². The van der Waals surface area contributed by atoms with E-state index in [1.165, 1.54) is 11.1 Å². The van der Waals surface area contributed by atoms with Crippen LogP contribution in [0.1, 0.15) is 36.9 Å². The average Bonchev–Trinajstić information content (AvgIpc) is 2.55. The third kappa shape index (κ3) is 4.69. The van der Waals surface area contributed by atoms with E-state index in [1.807, 2.05) is 0 Å². The van der Waals surface area contributed by atoms with Gasteiger partial charge in [-0.1, -0.05) is 67.6 Å². The Kier molecular flexibility index (Phi) is 6.45. The zero-order valence-electron chi connectivity index (χ0n) is 12.9. The van der Waals surface area contributed by atoms with E-state index in [9.17, 15) is 0 Å². The number of hydrogen-bond donors (Lipinski definition) is 1. The average molecular weight is 282 g/mol. The molecule has 2 rings (SSSR count). The maximum Gasteiger partial charge on any atom is 0.0349 e. The minimum absolute atomic E-state index is 0.456. The number of hydrogen-bond acceptors (Lipinski definition) is 2. The molecule has 2 aromatic rings. The summed E-state index contributed by atoms with van der Waals surface area (Å²) in [4.78, 5) is 2.55. The van der Waals surface area contributed by atoms with Crippen molar-refractivity contribution in [3.8, 4) is 0 Å². The first-order chi connectivity index (χ1) is 10.3. The van der Waals surface area contributed by atoms with Gasteiger partial charge in [0.2, 0.25) is 0 Å². The number of rotatable bonds is 8. The second-order valence-electron chi connectivity index (χ2n) is 5.43. The van der Waals surface area contributed by atoms with Crippen LogP contribution in [0.25, 0.3) is 0 Å². The second kappa shape index (κ2) is 8.60. The van der Waals surface area contributed by atoms with Gasteiger partial charge < -0.3 is 5.73 Å². The molecule has 21 heavy (non-hydrogen) atoms. The third-order valence-electron chi connectivity index (χ3n) is 3.89. The Bertz CT molecular complexity index is 495. The molecule has 2 heteroatoms. The van der Waals surface area contributed by atoms with Crippen LogP contribution in [0.2, 0.25) is 0 Å². The summed E-state index contributed by atoms with van der Waals surface area (Å²) in [5.74, 6) is 0. The van der Waals surface area contributed by atoms with E-state index < -0.39 is 0 Å². The highest BCUT2D eigenvalue weighted by Crippen LogP contribution is 2.26. The van der Waals surface area contributed by atoms with Gasteiger partial charge in [0.05, 0.1) is 0 Å². The summed E-state index contributed by atoms with van der Waals surface area (Å²) in [5.41, 5.74) is 8.48. The highest BCUT2D eigenvalue weighted by atomic mass is 15.1. The van der Waals surface area contributed by atoms with Crippen molar-refractivity contribution in [1.82, 2.24) is 4.90 Å². The topological polar surface area (TPSA) is 29.3 Å². The van der Waals surface area contributed by atoms with Gasteiger partial charge in [0.15, 0.2) is 0 Å². The Labute approximate surface area is 128 Å². The molecule has 0 saturated heterocycles. The fraction of sp³-hybridized carbons (Fsp3) is 0.368. The Balaban J connectivity index is 2.17. The summed E-state index contributed by atoms with van der Waals surface area (Å²) >= 11 is 0. The quantitative estimate of drug-likeness (QED) is 0.793. The first-order valence-electron chi connectivity index (χ1n) is 7.88. The molecule has 0 aliphatic heterocycles. The van der Waals surface area contributed by atoms with E-state index in [0.717, 1.165) is 32.5 Å². The Morgan fingerprint density at radius 2 is 1.57 bits per heavy atom. The third-order valence-corrected chi connectivity index (χ3v) is 3.89. The summed E-state index contributed by atoms with van der Waals surface area (Å²) in [7, 11) is 0. The van der Waals surface area contributed by atoms with Crippen LogP contribution in [-0.2, 0) is 6.54 Å². The van der Waals surface area contributed by atoms with Gasteiger partial charge in [-0.2, -0.15) is 0 Å². The van der Waals surface area contributed by atoms with E-state index in [1.54, 1.807) is 0 Å². The highest BCUT2D eigenvalue weighted by Gasteiger charge is 2.18. The van der Waals surface area contributed by atoms with Crippen molar-refractivity contribution in [3.63, 3.8) is 0 Å². The predicted molar refractivity (Wildman–Crippen MR) is 90.0 cm³/mol. The highest BCUT2D eigenvalue weighted by molar-refractivity contribution is 5.20. The van der Waals surface area contributed by atoms with Gasteiger partial charge in [-0.15, -0.1) is 0 Å². The lowest BCUT2D eigenvalue weighted by atomic mass is 10.0. The van der Waals surface area contributed by atoms with Crippen LogP contribution >= 0.6 is 0 Å². The molecule has 0 aromatic heterocycles. The standard InChI is InChI=1S/C19H26N2/c1-2-19(18-12-7-4-8-13-18)21(15-9-14-20)16-17-10-5-3-6-11-17/h3-8,10-13,19H,2,9,14-16,20H2,1H3.